The number of hydrogen-bond acceptors (Lipinski definition) is 7. The molecule has 0 aliphatic rings. The summed E-state index contributed by atoms with van der Waals surface area (Å²) in [6, 6.07) is 4.79. The molecule has 0 bridgehead atoms. The fourth-order valence-electron chi connectivity index (χ4n) is 2.75. The van der Waals surface area contributed by atoms with E-state index in [0.717, 1.165) is 19.6 Å². The van der Waals surface area contributed by atoms with E-state index in [9.17, 15) is 9.59 Å². The van der Waals surface area contributed by atoms with Crippen molar-refractivity contribution in [1.82, 2.24) is 25.5 Å². The normalized spacial score (nSPS) is 10.9. The number of urea groups is 1. The van der Waals surface area contributed by atoms with E-state index >= 15 is 0 Å². The molecular formula is C20H31N7O3. The van der Waals surface area contributed by atoms with Gasteiger partial charge in [-0.2, -0.15) is 0 Å². The van der Waals surface area contributed by atoms with Crippen molar-refractivity contribution >= 4 is 28.7 Å². The number of nitrogens with zero attached hydrogens (tertiary/aromatic N) is 3. The molecule has 1 aromatic carbocycles. The highest BCUT2D eigenvalue weighted by molar-refractivity contribution is 5.95. The highest BCUT2D eigenvalue weighted by atomic mass is 16.5. The number of carbonyl (C=O) groups excluding carboxylic acids is 2. The predicted molar refractivity (Wildman–Crippen MR) is 117 cm³/mol. The molecule has 10 nitrogen and oxygen atoms in total. The van der Waals surface area contributed by atoms with Crippen molar-refractivity contribution in [2.24, 2.45) is 5.73 Å². The van der Waals surface area contributed by atoms with Crippen LogP contribution >= 0.6 is 0 Å². The Labute approximate surface area is 176 Å². The fraction of sp³-hybridized carbons (Fsp3) is 0.500. The van der Waals surface area contributed by atoms with Crippen molar-refractivity contribution in [3.05, 3.63) is 30.1 Å². The summed E-state index contributed by atoms with van der Waals surface area (Å²) in [7, 11) is 0. The van der Waals surface area contributed by atoms with Crippen LogP contribution in [0.15, 0.2) is 24.4 Å². The molecule has 2 rings (SSSR count). The minimum atomic E-state index is -0.345. The van der Waals surface area contributed by atoms with E-state index in [1.807, 2.05) is 0 Å². The molecule has 0 spiro atoms. The van der Waals surface area contributed by atoms with Crippen LogP contribution in [0.4, 0.5) is 10.5 Å². The Balaban J connectivity index is 1.89. The second-order valence-electron chi connectivity index (χ2n) is 6.52. The first-order valence-electron chi connectivity index (χ1n) is 10.2. The summed E-state index contributed by atoms with van der Waals surface area (Å²) >= 11 is 0. The average molecular weight is 418 g/mol. The topological polar surface area (TPSA) is 134 Å². The third kappa shape index (κ3) is 7.54. The molecule has 10 heteroatoms. The lowest BCUT2D eigenvalue weighted by atomic mass is 10.2. The van der Waals surface area contributed by atoms with Crippen LogP contribution in [0.3, 0.4) is 0 Å². The van der Waals surface area contributed by atoms with Crippen LogP contribution in [-0.2, 0) is 4.74 Å². The Kier molecular flexibility index (Phi) is 9.92. The SMILES string of the molecule is CCN(CC)CCNC(=O)c1cnc2cc(NC(=O)NCCOCCN)ccc2n1. The maximum Gasteiger partial charge on any atom is 0.319 e. The quantitative estimate of drug-likeness (QED) is 0.375. The Morgan fingerprint density at radius 2 is 1.90 bits per heavy atom. The van der Waals surface area contributed by atoms with E-state index < -0.39 is 0 Å². The number of amides is 3. The van der Waals surface area contributed by atoms with E-state index in [1.165, 1.54) is 6.20 Å². The van der Waals surface area contributed by atoms with Gasteiger partial charge in [-0.15, -0.1) is 0 Å². The van der Waals surface area contributed by atoms with E-state index in [-0.39, 0.29) is 17.6 Å². The molecule has 0 aliphatic carbocycles. The van der Waals surface area contributed by atoms with Gasteiger partial charge in [0.25, 0.3) is 5.91 Å². The number of benzene rings is 1. The Bertz CT molecular complexity index is 827. The van der Waals surface area contributed by atoms with E-state index in [4.69, 9.17) is 10.5 Å². The van der Waals surface area contributed by atoms with Crippen LogP contribution < -0.4 is 21.7 Å². The molecule has 0 atom stereocenters. The van der Waals surface area contributed by atoms with Gasteiger partial charge < -0.3 is 31.3 Å². The predicted octanol–water partition coefficient (Wildman–Crippen LogP) is 0.798. The number of rotatable bonds is 12. The highest BCUT2D eigenvalue weighted by Gasteiger charge is 2.10. The second-order valence-corrected chi connectivity index (χ2v) is 6.52. The van der Waals surface area contributed by atoms with Gasteiger partial charge in [0.1, 0.15) is 5.69 Å². The lowest BCUT2D eigenvalue weighted by molar-refractivity contribution is 0.0944. The number of ether oxygens (including phenoxy) is 1. The van der Waals surface area contributed by atoms with Gasteiger partial charge in [-0.3, -0.25) is 9.78 Å². The molecule has 164 valence electrons. The van der Waals surface area contributed by atoms with Crippen molar-refractivity contribution < 1.29 is 14.3 Å². The molecular weight excluding hydrogens is 386 g/mol. The van der Waals surface area contributed by atoms with E-state index in [1.54, 1.807) is 18.2 Å². The number of fused-ring (bicyclic) bond motifs is 1. The highest BCUT2D eigenvalue weighted by Crippen LogP contribution is 2.16. The lowest BCUT2D eigenvalue weighted by Crippen LogP contribution is -2.35. The van der Waals surface area contributed by atoms with Gasteiger partial charge in [-0.1, -0.05) is 13.8 Å². The molecule has 30 heavy (non-hydrogen) atoms. The molecule has 3 amide bonds. The smallest absolute Gasteiger partial charge is 0.319 e. The van der Waals surface area contributed by atoms with Crippen molar-refractivity contribution in [2.75, 3.05) is 57.8 Å². The van der Waals surface area contributed by atoms with Gasteiger partial charge in [0.2, 0.25) is 0 Å². The Morgan fingerprint density at radius 3 is 2.63 bits per heavy atom. The lowest BCUT2D eigenvalue weighted by Gasteiger charge is -2.17. The zero-order valence-electron chi connectivity index (χ0n) is 17.6. The minimum Gasteiger partial charge on any atom is -0.378 e. The summed E-state index contributed by atoms with van der Waals surface area (Å²) in [6.45, 7) is 9.09. The van der Waals surface area contributed by atoms with Gasteiger partial charge in [0, 0.05) is 31.9 Å². The molecule has 0 unspecified atom stereocenters. The van der Waals surface area contributed by atoms with Gasteiger partial charge >= 0.3 is 6.03 Å². The van der Waals surface area contributed by atoms with Gasteiger partial charge in [-0.25, -0.2) is 9.78 Å². The van der Waals surface area contributed by atoms with Crippen LogP contribution in [0.25, 0.3) is 11.0 Å². The summed E-state index contributed by atoms with van der Waals surface area (Å²) in [6.07, 6.45) is 1.44. The van der Waals surface area contributed by atoms with Crippen molar-refractivity contribution in [1.29, 1.82) is 0 Å². The number of hydrogen-bond donors (Lipinski definition) is 4. The number of anilines is 1. The van der Waals surface area contributed by atoms with Gasteiger partial charge in [-0.05, 0) is 31.3 Å². The molecule has 0 fully saturated rings. The van der Waals surface area contributed by atoms with E-state index in [2.05, 4.69) is 44.7 Å². The summed E-state index contributed by atoms with van der Waals surface area (Å²) in [5, 5.41) is 8.29. The molecule has 1 heterocycles. The molecule has 0 saturated heterocycles. The third-order valence-corrected chi connectivity index (χ3v) is 4.43. The fourth-order valence-corrected chi connectivity index (χ4v) is 2.75. The number of carbonyl (C=O) groups is 2. The third-order valence-electron chi connectivity index (χ3n) is 4.43. The monoisotopic (exact) mass is 417 g/mol. The average Bonchev–Trinajstić information content (AvgIpc) is 2.76. The Hall–Kier alpha value is -2.82. The zero-order valence-corrected chi connectivity index (χ0v) is 17.6. The molecule has 0 saturated carbocycles. The van der Waals surface area contributed by atoms with Gasteiger partial charge in [0.15, 0.2) is 0 Å². The molecule has 5 N–H and O–H groups in total. The number of aromatic nitrogens is 2. The standard InChI is InChI=1S/C20H31N7O3/c1-3-27(4-2)10-8-22-19(28)18-14-24-17-13-15(5-6-16(17)26-18)25-20(29)23-9-12-30-11-7-21/h5-6,13-14H,3-4,7-12,21H2,1-2H3,(H,22,28)(H2,23,25,29). The first-order chi connectivity index (χ1) is 14.6. The molecule has 0 aliphatic heterocycles. The zero-order chi connectivity index (χ0) is 21.8. The molecule has 2 aromatic rings. The summed E-state index contributed by atoms with van der Waals surface area (Å²) in [5.74, 6) is -0.255. The van der Waals surface area contributed by atoms with Crippen LogP contribution in [-0.4, -0.2) is 79.3 Å². The summed E-state index contributed by atoms with van der Waals surface area (Å²) in [5.41, 5.74) is 7.33. The van der Waals surface area contributed by atoms with Crippen molar-refractivity contribution in [3.63, 3.8) is 0 Å². The first-order valence-corrected chi connectivity index (χ1v) is 10.2. The number of likely N-dealkylation sites (N-methyl/N-ethyl adjacent to an activating group) is 1. The first kappa shape index (κ1) is 23.5. The second kappa shape index (κ2) is 12.7. The van der Waals surface area contributed by atoms with Crippen molar-refractivity contribution in [3.8, 4) is 0 Å². The van der Waals surface area contributed by atoms with E-state index in [0.29, 0.717) is 49.6 Å². The summed E-state index contributed by atoms with van der Waals surface area (Å²) in [4.78, 5) is 35.1. The minimum absolute atomic E-state index is 0.255. The van der Waals surface area contributed by atoms with Crippen LogP contribution in [0.5, 0.6) is 0 Å². The maximum absolute atomic E-state index is 12.3. The molecule has 1 aromatic heterocycles. The van der Waals surface area contributed by atoms with Crippen LogP contribution in [0, 0.1) is 0 Å². The number of nitrogens with two attached hydrogens (primary N) is 1. The largest absolute Gasteiger partial charge is 0.378 e. The number of nitrogens with one attached hydrogen (secondary N) is 3. The van der Waals surface area contributed by atoms with Crippen molar-refractivity contribution in [2.45, 2.75) is 13.8 Å². The molecule has 0 radical (unpaired) electrons. The summed E-state index contributed by atoms with van der Waals surface area (Å²) < 4.78 is 5.20. The maximum atomic E-state index is 12.3. The van der Waals surface area contributed by atoms with Crippen LogP contribution in [0.1, 0.15) is 24.3 Å². The van der Waals surface area contributed by atoms with Crippen LogP contribution in [0.2, 0.25) is 0 Å². The Morgan fingerprint density at radius 1 is 1.10 bits per heavy atom. The van der Waals surface area contributed by atoms with Gasteiger partial charge in [0.05, 0.1) is 30.4 Å².